The maximum atomic E-state index is 12.3. The number of rotatable bonds is 6. The van der Waals surface area contributed by atoms with Crippen LogP contribution >= 0.6 is 0 Å². The van der Waals surface area contributed by atoms with Crippen LogP contribution in [0.3, 0.4) is 0 Å². The SMILES string of the molecule is CCC[C@@H](CC(=O)NC(=O)c1ccccc1)n1nnc2ccccc21. The van der Waals surface area contributed by atoms with Gasteiger partial charge in [-0.05, 0) is 30.7 Å². The van der Waals surface area contributed by atoms with Gasteiger partial charge >= 0.3 is 0 Å². The zero-order chi connectivity index (χ0) is 17.6. The highest BCUT2D eigenvalue weighted by atomic mass is 16.2. The van der Waals surface area contributed by atoms with Crippen LogP contribution in [0.5, 0.6) is 0 Å². The Balaban J connectivity index is 1.73. The second-order valence-corrected chi connectivity index (χ2v) is 5.91. The zero-order valence-corrected chi connectivity index (χ0v) is 14.1. The van der Waals surface area contributed by atoms with E-state index < -0.39 is 0 Å². The molecule has 6 heteroatoms. The van der Waals surface area contributed by atoms with Gasteiger partial charge in [0.05, 0.1) is 11.6 Å². The zero-order valence-electron chi connectivity index (χ0n) is 14.1. The highest BCUT2D eigenvalue weighted by Crippen LogP contribution is 2.22. The Morgan fingerprint density at radius 2 is 1.80 bits per heavy atom. The molecular weight excluding hydrogens is 316 g/mol. The van der Waals surface area contributed by atoms with Crippen LogP contribution in [0.4, 0.5) is 0 Å². The summed E-state index contributed by atoms with van der Waals surface area (Å²) in [4.78, 5) is 24.5. The molecule has 0 unspecified atom stereocenters. The van der Waals surface area contributed by atoms with E-state index in [0.29, 0.717) is 5.56 Å². The number of nitrogens with one attached hydrogen (secondary N) is 1. The smallest absolute Gasteiger partial charge is 0.257 e. The Hall–Kier alpha value is -3.02. The van der Waals surface area contributed by atoms with Crippen molar-refractivity contribution in [2.45, 2.75) is 32.2 Å². The highest BCUT2D eigenvalue weighted by Gasteiger charge is 2.20. The molecule has 2 amide bonds. The number of benzene rings is 2. The molecule has 6 nitrogen and oxygen atoms in total. The Kier molecular flexibility index (Phi) is 5.18. The highest BCUT2D eigenvalue weighted by molar-refractivity contribution is 6.04. The summed E-state index contributed by atoms with van der Waals surface area (Å²) in [6, 6.07) is 16.2. The maximum absolute atomic E-state index is 12.3. The third kappa shape index (κ3) is 3.91. The Labute approximate surface area is 145 Å². The van der Waals surface area contributed by atoms with Crippen LogP contribution in [0.1, 0.15) is 42.6 Å². The molecule has 0 spiro atoms. The van der Waals surface area contributed by atoms with Crippen LogP contribution in [0.2, 0.25) is 0 Å². The van der Waals surface area contributed by atoms with Crippen LogP contribution in [0.25, 0.3) is 11.0 Å². The summed E-state index contributed by atoms with van der Waals surface area (Å²) in [6.07, 6.45) is 1.86. The average molecular weight is 336 g/mol. The number of imide groups is 1. The van der Waals surface area contributed by atoms with Gasteiger partial charge in [0, 0.05) is 12.0 Å². The largest absolute Gasteiger partial charge is 0.292 e. The molecule has 1 atom stereocenters. The quantitative estimate of drug-likeness (QED) is 0.750. The van der Waals surface area contributed by atoms with E-state index in [1.54, 1.807) is 28.9 Å². The molecule has 2 aromatic carbocycles. The first-order valence-electron chi connectivity index (χ1n) is 8.38. The van der Waals surface area contributed by atoms with Crippen LogP contribution in [0.15, 0.2) is 54.6 Å². The number of fused-ring (bicyclic) bond motifs is 1. The molecule has 0 aliphatic heterocycles. The minimum Gasteiger partial charge on any atom is -0.292 e. The van der Waals surface area contributed by atoms with Crippen molar-refractivity contribution in [2.24, 2.45) is 0 Å². The lowest BCUT2D eigenvalue weighted by molar-refractivity contribution is -0.121. The molecule has 0 saturated heterocycles. The van der Waals surface area contributed by atoms with Gasteiger partial charge < -0.3 is 0 Å². The van der Waals surface area contributed by atoms with Crippen molar-refractivity contribution in [2.75, 3.05) is 0 Å². The molecule has 0 fully saturated rings. The number of nitrogens with zero attached hydrogens (tertiary/aromatic N) is 3. The molecule has 3 rings (SSSR count). The van der Waals surface area contributed by atoms with E-state index in [-0.39, 0.29) is 24.3 Å². The predicted octanol–water partition coefficient (Wildman–Crippen LogP) is 3.12. The van der Waals surface area contributed by atoms with E-state index >= 15 is 0 Å². The first-order chi connectivity index (χ1) is 12.2. The molecule has 1 N–H and O–H groups in total. The molecule has 1 aromatic heterocycles. The van der Waals surface area contributed by atoms with Gasteiger partial charge in [-0.25, -0.2) is 4.68 Å². The van der Waals surface area contributed by atoms with Crippen LogP contribution < -0.4 is 5.32 Å². The number of hydrogen-bond acceptors (Lipinski definition) is 4. The minimum atomic E-state index is -0.385. The van der Waals surface area contributed by atoms with E-state index in [1.165, 1.54) is 0 Å². The Bertz CT molecular complexity index is 873. The van der Waals surface area contributed by atoms with Gasteiger partial charge in [0.25, 0.3) is 5.91 Å². The molecular formula is C19H20N4O2. The van der Waals surface area contributed by atoms with Gasteiger partial charge in [-0.1, -0.05) is 48.9 Å². The van der Waals surface area contributed by atoms with Crippen molar-refractivity contribution in [1.29, 1.82) is 0 Å². The summed E-state index contributed by atoms with van der Waals surface area (Å²) in [6.45, 7) is 2.05. The molecule has 1 heterocycles. The van der Waals surface area contributed by atoms with Gasteiger partial charge in [0.1, 0.15) is 5.52 Å². The van der Waals surface area contributed by atoms with Crippen LogP contribution in [-0.2, 0) is 4.79 Å². The van der Waals surface area contributed by atoms with Crippen molar-refractivity contribution in [3.8, 4) is 0 Å². The summed E-state index contributed by atoms with van der Waals surface area (Å²) in [5, 5.41) is 10.8. The fraction of sp³-hybridized carbons (Fsp3) is 0.263. The van der Waals surface area contributed by atoms with Crippen molar-refractivity contribution < 1.29 is 9.59 Å². The third-order valence-electron chi connectivity index (χ3n) is 4.06. The summed E-state index contributed by atoms with van der Waals surface area (Å²) >= 11 is 0. The minimum absolute atomic E-state index is 0.138. The lowest BCUT2D eigenvalue weighted by Gasteiger charge is -2.16. The molecule has 128 valence electrons. The van der Waals surface area contributed by atoms with E-state index in [2.05, 4.69) is 22.6 Å². The topological polar surface area (TPSA) is 76.9 Å². The number of carbonyl (C=O) groups is 2. The maximum Gasteiger partial charge on any atom is 0.257 e. The van der Waals surface area contributed by atoms with E-state index in [1.807, 2.05) is 30.3 Å². The number of aromatic nitrogens is 3. The first kappa shape index (κ1) is 16.8. The average Bonchev–Trinajstić information content (AvgIpc) is 3.06. The van der Waals surface area contributed by atoms with Gasteiger partial charge in [-0.15, -0.1) is 5.10 Å². The van der Waals surface area contributed by atoms with Crippen molar-refractivity contribution in [3.63, 3.8) is 0 Å². The van der Waals surface area contributed by atoms with Gasteiger partial charge in [-0.3, -0.25) is 14.9 Å². The second-order valence-electron chi connectivity index (χ2n) is 5.91. The monoisotopic (exact) mass is 336 g/mol. The summed E-state index contributed by atoms with van der Waals surface area (Å²) in [5.41, 5.74) is 2.15. The fourth-order valence-electron chi connectivity index (χ4n) is 2.85. The number of amides is 2. The van der Waals surface area contributed by atoms with E-state index in [9.17, 15) is 9.59 Å². The third-order valence-corrected chi connectivity index (χ3v) is 4.06. The Morgan fingerprint density at radius 1 is 1.08 bits per heavy atom. The molecule has 3 aromatic rings. The molecule has 0 bridgehead atoms. The molecule has 0 aliphatic carbocycles. The fourth-order valence-corrected chi connectivity index (χ4v) is 2.85. The standard InChI is InChI=1S/C19H20N4O2/c1-2-8-15(23-17-12-7-6-11-16(17)21-22-23)13-18(24)20-19(25)14-9-4-3-5-10-14/h3-7,9-12,15H,2,8,13H2,1H3,(H,20,24,25)/t15-/m0/s1. The summed E-state index contributed by atoms with van der Waals surface area (Å²) in [5.74, 6) is -0.698. The van der Waals surface area contributed by atoms with Gasteiger partial charge in [0.15, 0.2) is 0 Å². The number of para-hydroxylation sites is 1. The second kappa shape index (κ2) is 7.70. The predicted molar refractivity (Wildman–Crippen MR) is 95.0 cm³/mol. The number of carbonyl (C=O) groups excluding carboxylic acids is 2. The summed E-state index contributed by atoms with van der Waals surface area (Å²) in [7, 11) is 0. The molecule has 0 aliphatic rings. The van der Waals surface area contributed by atoms with Crippen molar-refractivity contribution >= 4 is 22.8 Å². The van der Waals surface area contributed by atoms with E-state index in [4.69, 9.17) is 0 Å². The van der Waals surface area contributed by atoms with Gasteiger partial charge in [0.2, 0.25) is 5.91 Å². The molecule has 0 saturated carbocycles. The first-order valence-corrected chi connectivity index (χ1v) is 8.38. The van der Waals surface area contributed by atoms with E-state index in [0.717, 1.165) is 23.9 Å². The van der Waals surface area contributed by atoms with Gasteiger partial charge in [-0.2, -0.15) is 0 Å². The van der Waals surface area contributed by atoms with Crippen molar-refractivity contribution in [3.05, 3.63) is 60.2 Å². The normalized spacial score (nSPS) is 12.0. The summed E-state index contributed by atoms with van der Waals surface area (Å²) < 4.78 is 1.78. The van der Waals surface area contributed by atoms with Crippen molar-refractivity contribution in [1.82, 2.24) is 20.3 Å². The molecule has 25 heavy (non-hydrogen) atoms. The van der Waals surface area contributed by atoms with Crippen LogP contribution in [-0.4, -0.2) is 26.8 Å². The van der Waals surface area contributed by atoms with Crippen LogP contribution in [0, 0.1) is 0 Å². The lowest BCUT2D eigenvalue weighted by Crippen LogP contribution is -2.32. The Morgan fingerprint density at radius 3 is 2.56 bits per heavy atom. The number of hydrogen-bond donors (Lipinski definition) is 1. The molecule has 0 radical (unpaired) electrons. The lowest BCUT2D eigenvalue weighted by atomic mass is 10.1.